The summed E-state index contributed by atoms with van der Waals surface area (Å²) in [5.41, 5.74) is 7.27. The maximum atomic E-state index is 11.7. The van der Waals surface area contributed by atoms with Crippen molar-refractivity contribution in [1.82, 2.24) is 5.32 Å². The summed E-state index contributed by atoms with van der Waals surface area (Å²) in [7, 11) is 0. The molecule has 4 heteroatoms. The van der Waals surface area contributed by atoms with Crippen molar-refractivity contribution in [3.8, 4) is 11.8 Å². The van der Waals surface area contributed by atoms with Gasteiger partial charge in [-0.2, -0.15) is 0 Å². The summed E-state index contributed by atoms with van der Waals surface area (Å²) >= 11 is 0. The van der Waals surface area contributed by atoms with E-state index in [0.29, 0.717) is 32.7 Å². The molecule has 0 radical (unpaired) electrons. The second-order valence-corrected chi connectivity index (χ2v) is 4.30. The maximum Gasteiger partial charge on any atom is 0.222 e. The highest BCUT2D eigenvalue weighted by Gasteiger charge is 2.03. The molecule has 1 rings (SSSR count). The number of amides is 1. The van der Waals surface area contributed by atoms with Crippen LogP contribution in [0, 0.1) is 11.8 Å². The zero-order chi connectivity index (χ0) is 14.6. The van der Waals surface area contributed by atoms with Crippen molar-refractivity contribution >= 4 is 5.91 Å². The van der Waals surface area contributed by atoms with Crippen LogP contribution in [0.15, 0.2) is 24.3 Å². The Morgan fingerprint density at radius 3 is 2.90 bits per heavy atom. The fourth-order valence-electron chi connectivity index (χ4n) is 1.64. The van der Waals surface area contributed by atoms with E-state index in [-0.39, 0.29) is 5.91 Å². The smallest absolute Gasteiger partial charge is 0.222 e. The van der Waals surface area contributed by atoms with E-state index in [1.54, 1.807) is 0 Å². The molecule has 0 spiro atoms. The highest BCUT2D eigenvalue weighted by Crippen LogP contribution is 2.06. The first-order chi connectivity index (χ1) is 9.77. The van der Waals surface area contributed by atoms with Crippen LogP contribution < -0.4 is 11.1 Å². The quantitative estimate of drug-likeness (QED) is 0.584. The summed E-state index contributed by atoms with van der Waals surface area (Å²) in [4.78, 5) is 11.7. The molecule has 1 amide bonds. The van der Waals surface area contributed by atoms with Crippen LogP contribution in [-0.2, 0) is 16.1 Å². The van der Waals surface area contributed by atoms with Crippen LogP contribution in [0.4, 0.5) is 0 Å². The van der Waals surface area contributed by atoms with Crippen molar-refractivity contribution in [3.05, 3.63) is 35.4 Å². The van der Waals surface area contributed by atoms with Crippen LogP contribution in [0.3, 0.4) is 0 Å². The average molecular weight is 274 g/mol. The SMILES string of the molecule is CCCOCCC(=O)NCc1ccccc1C#CCN. The van der Waals surface area contributed by atoms with Gasteiger partial charge in [0.2, 0.25) is 5.91 Å². The minimum Gasteiger partial charge on any atom is -0.381 e. The molecule has 0 bridgehead atoms. The van der Waals surface area contributed by atoms with Gasteiger partial charge in [0.05, 0.1) is 13.2 Å². The molecule has 108 valence electrons. The number of nitrogens with one attached hydrogen (secondary N) is 1. The Kier molecular flexibility index (Phi) is 8.13. The van der Waals surface area contributed by atoms with Crippen molar-refractivity contribution < 1.29 is 9.53 Å². The molecule has 3 N–H and O–H groups in total. The van der Waals surface area contributed by atoms with Crippen LogP contribution in [-0.4, -0.2) is 25.7 Å². The van der Waals surface area contributed by atoms with Crippen LogP contribution in [0.25, 0.3) is 0 Å². The lowest BCUT2D eigenvalue weighted by molar-refractivity contribution is -0.122. The molecular weight excluding hydrogens is 252 g/mol. The fraction of sp³-hybridized carbons (Fsp3) is 0.438. The van der Waals surface area contributed by atoms with Gasteiger partial charge in [0.25, 0.3) is 0 Å². The third kappa shape index (κ3) is 6.37. The lowest BCUT2D eigenvalue weighted by Gasteiger charge is -2.07. The molecule has 0 aliphatic carbocycles. The molecule has 1 aromatic carbocycles. The third-order valence-corrected chi connectivity index (χ3v) is 2.64. The van der Waals surface area contributed by atoms with E-state index < -0.39 is 0 Å². The Hall–Kier alpha value is -1.83. The Morgan fingerprint density at radius 2 is 2.15 bits per heavy atom. The Morgan fingerprint density at radius 1 is 1.35 bits per heavy atom. The summed E-state index contributed by atoms with van der Waals surface area (Å²) in [6.45, 7) is 4.01. The normalized spacial score (nSPS) is 9.70. The number of carbonyl (C=O) groups is 1. The van der Waals surface area contributed by atoms with Gasteiger partial charge in [-0.3, -0.25) is 4.79 Å². The first-order valence-electron chi connectivity index (χ1n) is 6.89. The summed E-state index contributed by atoms with van der Waals surface area (Å²) in [5.74, 6) is 5.82. The van der Waals surface area contributed by atoms with E-state index in [9.17, 15) is 4.79 Å². The van der Waals surface area contributed by atoms with Gasteiger partial charge < -0.3 is 15.8 Å². The molecule has 20 heavy (non-hydrogen) atoms. The highest BCUT2D eigenvalue weighted by molar-refractivity contribution is 5.76. The molecule has 0 aliphatic heterocycles. The predicted octanol–water partition coefficient (Wildman–Crippen LogP) is 1.43. The highest BCUT2D eigenvalue weighted by atomic mass is 16.5. The molecule has 4 nitrogen and oxygen atoms in total. The monoisotopic (exact) mass is 274 g/mol. The van der Waals surface area contributed by atoms with Gasteiger partial charge in [-0.05, 0) is 18.1 Å². The molecule has 1 aromatic rings. The largest absolute Gasteiger partial charge is 0.381 e. The van der Waals surface area contributed by atoms with Gasteiger partial charge in [-0.25, -0.2) is 0 Å². The minimum absolute atomic E-state index is 0.0114. The Balaban J connectivity index is 2.43. The molecule has 0 saturated carbocycles. The summed E-state index contributed by atoms with van der Waals surface area (Å²) in [6, 6.07) is 7.73. The van der Waals surface area contributed by atoms with Crippen LogP contribution in [0.5, 0.6) is 0 Å². The summed E-state index contributed by atoms with van der Waals surface area (Å²) < 4.78 is 5.29. The summed E-state index contributed by atoms with van der Waals surface area (Å²) in [6.07, 6.45) is 1.35. The van der Waals surface area contributed by atoms with Crippen molar-refractivity contribution in [2.75, 3.05) is 19.8 Å². The maximum absolute atomic E-state index is 11.7. The zero-order valence-electron chi connectivity index (χ0n) is 11.9. The Bertz CT molecular complexity index is 475. The van der Waals surface area contributed by atoms with Crippen molar-refractivity contribution in [3.63, 3.8) is 0 Å². The number of hydrogen-bond donors (Lipinski definition) is 2. The van der Waals surface area contributed by atoms with Crippen molar-refractivity contribution in [2.45, 2.75) is 26.3 Å². The lowest BCUT2D eigenvalue weighted by atomic mass is 10.1. The zero-order valence-corrected chi connectivity index (χ0v) is 11.9. The van der Waals surface area contributed by atoms with E-state index in [4.69, 9.17) is 10.5 Å². The molecule has 0 saturated heterocycles. The van der Waals surface area contributed by atoms with Gasteiger partial charge in [0, 0.05) is 25.1 Å². The number of nitrogens with two attached hydrogens (primary N) is 1. The molecule has 0 aliphatic rings. The molecule has 0 fully saturated rings. The standard InChI is InChI=1S/C16H22N2O2/c1-2-11-20-12-9-16(19)18-13-15-7-4-3-6-14(15)8-5-10-17/h3-4,6-7H,2,9-13,17H2,1H3,(H,18,19). The van der Waals surface area contributed by atoms with E-state index in [0.717, 1.165) is 17.5 Å². The van der Waals surface area contributed by atoms with E-state index >= 15 is 0 Å². The van der Waals surface area contributed by atoms with Crippen molar-refractivity contribution in [1.29, 1.82) is 0 Å². The molecular formula is C16H22N2O2. The van der Waals surface area contributed by atoms with E-state index in [1.165, 1.54) is 0 Å². The number of ether oxygens (including phenoxy) is 1. The van der Waals surface area contributed by atoms with Gasteiger partial charge in [-0.1, -0.05) is 37.0 Å². The van der Waals surface area contributed by atoms with Crippen LogP contribution in [0.1, 0.15) is 30.9 Å². The fourth-order valence-corrected chi connectivity index (χ4v) is 1.64. The molecule has 0 heterocycles. The topological polar surface area (TPSA) is 64.3 Å². The van der Waals surface area contributed by atoms with Gasteiger partial charge in [0.15, 0.2) is 0 Å². The van der Waals surface area contributed by atoms with Gasteiger partial charge in [-0.15, -0.1) is 0 Å². The minimum atomic E-state index is -0.0114. The predicted molar refractivity (Wildman–Crippen MR) is 79.9 cm³/mol. The number of rotatable bonds is 7. The van der Waals surface area contributed by atoms with E-state index in [1.807, 2.05) is 31.2 Å². The van der Waals surface area contributed by atoms with Gasteiger partial charge in [0.1, 0.15) is 0 Å². The number of hydrogen-bond acceptors (Lipinski definition) is 3. The van der Waals surface area contributed by atoms with E-state index in [2.05, 4.69) is 17.2 Å². The lowest BCUT2D eigenvalue weighted by Crippen LogP contribution is -2.24. The summed E-state index contributed by atoms with van der Waals surface area (Å²) in [5, 5.41) is 2.87. The average Bonchev–Trinajstić information content (AvgIpc) is 2.48. The Labute approximate surface area is 120 Å². The third-order valence-electron chi connectivity index (χ3n) is 2.64. The van der Waals surface area contributed by atoms with Gasteiger partial charge >= 0.3 is 0 Å². The van der Waals surface area contributed by atoms with Crippen LogP contribution in [0.2, 0.25) is 0 Å². The second kappa shape index (κ2) is 10.0. The first kappa shape index (κ1) is 16.2. The number of benzene rings is 1. The molecule has 0 aromatic heterocycles. The van der Waals surface area contributed by atoms with Crippen molar-refractivity contribution in [2.24, 2.45) is 5.73 Å². The molecule has 0 atom stereocenters. The second-order valence-electron chi connectivity index (χ2n) is 4.30. The number of carbonyl (C=O) groups excluding carboxylic acids is 1. The molecule has 0 unspecified atom stereocenters. The van der Waals surface area contributed by atoms with Crippen LogP contribution >= 0.6 is 0 Å². The first-order valence-corrected chi connectivity index (χ1v) is 6.89.